The van der Waals surface area contributed by atoms with Crippen molar-refractivity contribution in [3.05, 3.63) is 88.9 Å². The van der Waals surface area contributed by atoms with Gasteiger partial charge in [0.1, 0.15) is 5.75 Å². The van der Waals surface area contributed by atoms with Gasteiger partial charge in [-0.3, -0.25) is 4.79 Å². The number of carbonyl (C=O) groups excluding carboxylic acids is 1. The summed E-state index contributed by atoms with van der Waals surface area (Å²) in [4.78, 5) is 15.2. The lowest BCUT2D eigenvalue weighted by atomic mass is 10.0. The second-order valence-electron chi connectivity index (χ2n) is 7.48. The van der Waals surface area contributed by atoms with Gasteiger partial charge in [0, 0.05) is 10.6 Å². The molecule has 1 atom stereocenters. The highest BCUT2D eigenvalue weighted by atomic mass is 35.5. The van der Waals surface area contributed by atoms with E-state index in [2.05, 4.69) is 10.2 Å². The van der Waals surface area contributed by atoms with Gasteiger partial charge in [-0.15, -0.1) is 0 Å². The first kappa shape index (κ1) is 21.9. The first-order valence-electron chi connectivity index (χ1n) is 9.92. The van der Waals surface area contributed by atoms with Crippen molar-refractivity contribution in [1.29, 1.82) is 0 Å². The van der Waals surface area contributed by atoms with E-state index in [-0.39, 0.29) is 11.9 Å². The Kier molecular flexibility index (Phi) is 7.50. The molecule has 0 saturated carbocycles. The summed E-state index contributed by atoms with van der Waals surface area (Å²) < 4.78 is 5.22. The van der Waals surface area contributed by atoms with Crippen LogP contribution in [0.15, 0.2) is 72.8 Å². The third kappa shape index (κ3) is 5.85. The van der Waals surface area contributed by atoms with Crippen molar-refractivity contribution in [2.75, 3.05) is 27.7 Å². The first-order valence-corrected chi connectivity index (χ1v) is 10.3. The summed E-state index contributed by atoms with van der Waals surface area (Å²) >= 11 is 6.04. The van der Waals surface area contributed by atoms with Crippen LogP contribution in [0.2, 0.25) is 5.02 Å². The summed E-state index contributed by atoms with van der Waals surface area (Å²) in [5.41, 5.74) is 3.70. The molecule has 30 heavy (non-hydrogen) atoms. The van der Waals surface area contributed by atoms with E-state index in [1.54, 1.807) is 7.11 Å². The minimum Gasteiger partial charge on any atom is -0.497 e. The minimum absolute atomic E-state index is 0.0935. The van der Waals surface area contributed by atoms with Gasteiger partial charge in [-0.1, -0.05) is 48.0 Å². The third-order valence-electron chi connectivity index (χ3n) is 4.99. The number of benzene rings is 3. The molecule has 4 nitrogen and oxygen atoms in total. The Morgan fingerprint density at radius 1 is 1.00 bits per heavy atom. The highest BCUT2D eigenvalue weighted by molar-refractivity contribution is 6.30. The Labute approximate surface area is 183 Å². The van der Waals surface area contributed by atoms with Crippen LogP contribution in [0.1, 0.15) is 28.4 Å². The zero-order valence-electron chi connectivity index (χ0n) is 17.6. The predicted molar refractivity (Wildman–Crippen MR) is 123 cm³/mol. The second-order valence-corrected chi connectivity index (χ2v) is 7.92. The number of carbonyl (C=O) groups is 1. The van der Waals surface area contributed by atoms with Gasteiger partial charge < -0.3 is 15.0 Å². The lowest BCUT2D eigenvalue weighted by Crippen LogP contribution is -2.31. The predicted octanol–water partition coefficient (Wildman–Crippen LogP) is 5.44. The molecule has 1 amide bonds. The van der Waals surface area contributed by atoms with Crippen LogP contribution in [-0.4, -0.2) is 38.6 Å². The Hall–Kier alpha value is -2.82. The maximum atomic E-state index is 13.1. The third-order valence-corrected chi connectivity index (χ3v) is 5.24. The molecule has 0 aliphatic rings. The highest BCUT2D eigenvalue weighted by Gasteiger charge is 2.17. The molecule has 0 radical (unpaired) electrons. The van der Waals surface area contributed by atoms with Gasteiger partial charge >= 0.3 is 0 Å². The van der Waals surface area contributed by atoms with Gasteiger partial charge in [-0.2, -0.15) is 0 Å². The molecule has 0 fully saturated rings. The molecule has 3 aromatic rings. The molecule has 3 rings (SSSR count). The van der Waals surface area contributed by atoms with E-state index < -0.39 is 0 Å². The maximum absolute atomic E-state index is 13.1. The van der Waals surface area contributed by atoms with E-state index in [1.807, 2.05) is 86.9 Å². The number of methoxy groups -OCH3 is 1. The van der Waals surface area contributed by atoms with Crippen molar-refractivity contribution in [2.45, 2.75) is 12.5 Å². The summed E-state index contributed by atoms with van der Waals surface area (Å²) in [5, 5.41) is 3.88. The quantitative estimate of drug-likeness (QED) is 0.525. The molecule has 1 unspecified atom stereocenters. The van der Waals surface area contributed by atoms with Crippen LogP contribution in [0.4, 0.5) is 0 Å². The average molecular weight is 423 g/mol. The molecule has 0 aromatic heterocycles. The van der Waals surface area contributed by atoms with Gasteiger partial charge in [0.15, 0.2) is 0 Å². The number of ether oxygens (including phenoxy) is 1. The van der Waals surface area contributed by atoms with Crippen LogP contribution in [-0.2, 0) is 0 Å². The smallest absolute Gasteiger partial charge is 0.251 e. The van der Waals surface area contributed by atoms with Crippen LogP contribution in [0, 0.1) is 0 Å². The second kappa shape index (κ2) is 10.3. The molecule has 0 aliphatic heterocycles. The standard InChI is InChI=1S/C25H27ClN2O2/c1-28(2)16-15-24(19-7-11-22(26)12-8-19)27-25(29)21-6-4-5-20(17-21)18-9-13-23(30-3)14-10-18/h4-14,17,24H,15-16H2,1-3H3,(H,27,29). The van der Waals surface area contributed by atoms with Crippen LogP contribution in [0.25, 0.3) is 11.1 Å². The summed E-state index contributed by atoms with van der Waals surface area (Å²) in [5.74, 6) is 0.711. The number of hydrogen-bond donors (Lipinski definition) is 1. The molecule has 5 heteroatoms. The van der Waals surface area contributed by atoms with Gasteiger partial charge in [-0.05, 0) is 80.1 Å². The van der Waals surface area contributed by atoms with Gasteiger partial charge in [-0.25, -0.2) is 0 Å². The largest absolute Gasteiger partial charge is 0.497 e. The molecule has 3 aromatic carbocycles. The van der Waals surface area contributed by atoms with Crippen LogP contribution in [0.3, 0.4) is 0 Å². The van der Waals surface area contributed by atoms with E-state index in [4.69, 9.17) is 16.3 Å². The fourth-order valence-electron chi connectivity index (χ4n) is 3.27. The van der Waals surface area contributed by atoms with E-state index >= 15 is 0 Å². The number of nitrogens with zero attached hydrogens (tertiary/aromatic N) is 1. The monoisotopic (exact) mass is 422 g/mol. The highest BCUT2D eigenvalue weighted by Crippen LogP contribution is 2.24. The van der Waals surface area contributed by atoms with Crippen molar-refractivity contribution in [3.8, 4) is 16.9 Å². The molecule has 0 bridgehead atoms. The zero-order valence-corrected chi connectivity index (χ0v) is 18.3. The minimum atomic E-state index is -0.0955. The normalized spacial score (nSPS) is 11.9. The first-order chi connectivity index (χ1) is 14.5. The van der Waals surface area contributed by atoms with Gasteiger partial charge in [0.05, 0.1) is 13.2 Å². The van der Waals surface area contributed by atoms with Gasteiger partial charge in [0.25, 0.3) is 5.91 Å². The number of amides is 1. The molecule has 0 spiro atoms. The average Bonchev–Trinajstić information content (AvgIpc) is 2.77. The Bertz CT molecular complexity index is 969. The molecule has 0 heterocycles. The van der Waals surface area contributed by atoms with Crippen molar-refractivity contribution < 1.29 is 9.53 Å². The number of rotatable bonds is 8. The summed E-state index contributed by atoms with van der Waals surface area (Å²) in [6.07, 6.45) is 0.804. The summed E-state index contributed by atoms with van der Waals surface area (Å²) in [6, 6.07) is 23.0. The lowest BCUT2D eigenvalue weighted by Gasteiger charge is -2.21. The van der Waals surface area contributed by atoms with Crippen molar-refractivity contribution in [3.63, 3.8) is 0 Å². The summed E-state index contributed by atoms with van der Waals surface area (Å²) in [7, 11) is 5.70. The van der Waals surface area contributed by atoms with E-state index in [1.165, 1.54) is 0 Å². The fraction of sp³-hybridized carbons (Fsp3) is 0.240. The fourth-order valence-corrected chi connectivity index (χ4v) is 3.40. The maximum Gasteiger partial charge on any atom is 0.251 e. The lowest BCUT2D eigenvalue weighted by molar-refractivity contribution is 0.0932. The van der Waals surface area contributed by atoms with Crippen molar-refractivity contribution in [2.24, 2.45) is 0 Å². The summed E-state index contributed by atoms with van der Waals surface area (Å²) in [6.45, 7) is 0.861. The van der Waals surface area contributed by atoms with Crippen LogP contribution in [0.5, 0.6) is 5.75 Å². The molecule has 0 aliphatic carbocycles. The molecular weight excluding hydrogens is 396 g/mol. The Balaban J connectivity index is 1.80. The SMILES string of the molecule is COc1ccc(-c2cccc(C(=O)NC(CCN(C)C)c3ccc(Cl)cc3)c2)cc1. The Morgan fingerprint density at radius 2 is 1.70 bits per heavy atom. The van der Waals surface area contributed by atoms with E-state index in [0.29, 0.717) is 10.6 Å². The van der Waals surface area contributed by atoms with E-state index in [0.717, 1.165) is 35.4 Å². The van der Waals surface area contributed by atoms with E-state index in [9.17, 15) is 4.79 Å². The Morgan fingerprint density at radius 3 is 2.33 bits per heavy atom. The molecular formula is C25H27ClN2O2. The molecule has 0 saturated heterocycles. The molecule has 1 N–H and O–H groups in total. The molecule has 156 valence electrons. The number of hydrogen-bond acceptors (Lipinski definition) is 3. The van der Waals surface area contributed by atoms with Gasteiger partial charge in [0.2, 0.25) is 0 Å². The number of nitrogens with one attached hydrogen (secondary N) is 1. The zero-order chi connectivity index (χ0) is 21.5. The van der Waals surface area contributed by atoms with Crippen LogP contribution < -0.4 is 10.1 Å². The topological polar surface area (TPSA) is 41.6 Å². The number of halogens is 1. The van der Waals surface area contributed by atoms with Crippen molar-refractivity contribution >= 4 is 17.5 Å². The van der Waals surface area contributed by atoms with Crippen LogP contribution >= 0.6 is 11.6 Å². The van der Waals surface area contributed by atoms with Crippen molar-refractivity contribution in [1.82, 2.24) is 10.2 Å².